The van der Waals surface area contributed by atoms with Crippen LogP contribution in [-0.4, -0.2) is 0 Å². The molecule has 8 aromatic rings. The van der Waals surface area contributed by atoms with Crippen LogP contribution in [0, 0.1) is 0 Å². The molecular formula is C49H39NS. The third-order valence-corrected chi connectivity index (χ3v) is 12.5. The first-order valence-corrected chi connectivity index (χ1v) is 18.8. The minimum atomic E-state index is -0.0658. The van der Waals surface area contributed by atoms with E-state index in [1.54, 1.807) is 0 Å². The lowest BCUT2D eigenvalue weighted by molar-refractivity contribution is 0.588. The molecule has 0 saturated carbocycles. The first kappa shape index (κ1) is 30.5. The highest BCUT2D eigenvalue weighted by atomic mass is 32.2. The van der Waals surface area contributed by atoms with Gasteiger partial charge in [0.25, 0.3) is 0 Å². The average Bonchev–Trinajstić information content (AvgIpc) is 3.38. The summed E-state index contributed by atoms with van der Waals surface area (Å²) in [7, 11) is 0. The van der Waals surface area contributed by atoms with Crippen LogP contribution in [-0.2, 0) is 10.8 Å². The van der Waals surface area contributed by atoms with Crippen LogP contribution in [0.3, 0.4) is 0 Å². The Kier molecular flexibility index (Phi) is 6.49. The largest absolute Gasteiger partial charge is 0.308 e. The molecule has 0 spiro atoms. The molecule has 0 saturated heterocycles. The van der Waals surface area contributed by atoms with E-state index in [0.29, 0.717) is 0 Å². The summed E-state index contributed by atoms with van der Waals surface area (Å²) in [6.07, 6.45) is 0. The maximum atomic E-state index is 2.50. The highest BCUT2D eigenvalue weighted by molar-refractivity contribution is 7.99. The predicted octanol–water partition coefficient (Wildman–Crippen LogP) is 14.4. The SMILES string of the molecule is CC(C)(C)c1ccc2c(c1)Sc1cc(-c3ccc4c5ccccc5c5ccccc5c4c3)ccc1N2c1ccc2c(c1)C(C)(C)c1ccccc1-2. The number of hydrogen-bond donors (Lipinski definition) is 0. The van der Waals surface area contributed by atoms with Crippen molar-refractivity contribution >= 4 is 61.1 Å². The molecule has 0 N–H and O–H groups in total. The Morgan fingerprint density at radius 2 is 1.02 bits per heavy atom. The quantitative estimate of drug-likeness (QED) is 0.168. The maximum absolute atomic E-state index is 2.50. The van der Waals surface area contributed by atoms with Gasteiger partial charge in [0.1, 0.15) is 0 Å². The number of anilines is 3. The van der Waals surface area contributed by atoms with E-state index in [1.807, 2.05) is 11.8 Å². The van der Waals surface area contributed by atoms with E-state index in [4.69, 9.17) is 0 Å². The summed E-state index contributed by atoms with van der Waals surface area (Å²) in [4.78, 5) is 5.07. The van der Waals surface area contributed by atoms with Crippen LogP contribution in [0.15, 0.2) is 155 Å². The van der Waals surface area contributed by atoms with Crippen molar-refractivity contribution in [1.82, 2.24) is 0 Å². The van der Waals surface area contributed by atoms with Crippen molar-refractivity contribution in [3.63, 3.8) is 0 Å². The van der Waals surface area contributed by atoms with Crippen LogP contribution in [0.4, 0.5) is 17.1 Å². The number of hydrogen-bond acceptors (Lipinski definition) is 2. The van der Waals surface area contributed by atoms with Crippen molar-refractivity contribution in [3.05, 3.63) is 162 Å². The third-order valence-electron chi connectivity index (χ3n) is 11.4. The monoisotopic (exact) mass is 673 g/mol. The summed E-state index contributed by atoms with van der Waals surface area (Å²) in [5.41, 5.74) is 13.0. The van der Waals surface area contributed by atoms with Gasteiger partial charge in [-0.2, -0.15) is 0 Å². The van der Waals surface area contributed by atoms with Crippen molar-refractivity contribution in [2.75, 3.05) is 4.90 Å². The molecule has 0 fully saturated rings. The average molecular weight is 674 g/mol. The molecular weight excluding hydrogens is 635 g/mol. The lowest BCUT2D eigenvalue weighted by Gasteiger charge is -2.35. The topological polar surface area (TPSA) is 3.24 Å². The molecule has 2 heteroatoms. The molecule has 2 aliphatic rings. The number of benzene rings is 8. The standard InChI is InChI=1S/C49H39NS/c1-48(2,3)32-20-25-45-47(28-32)51-46-27-31(30-18-22-38-36-14-7-6-12-34(36)35-13-8-9-15-37(35)41(38)26-30)19-24-44(46)50(45)33-21-23-40-39-16-10-11-17-42(39)49(4,5)43(40)29-33/h6-29H,1-5H3. The van der Waals surface area contributed by atoms with E-state index in [9.17, 15) is 0 Å². The summed E-state index contributed by atoms with van der Waals surface area (Å²) in [5.74, 6) is 0. The lowest BCUT2D eigenvalue weighted by Crippen LogP contribution is -2.19. The van der Waals surface area contributed by atoms with Gasteiger partial charge < -0.3 is 4.90 Å². The van der Waals surface area contributed by atoms with E-state index in [0.717, 1.165) is 0 Å². The molecule has 0 bridgehead atoms. The Morgan fingerprint density at radius 3 is 1.73 bits per heavy atom. The van der Waals surface area contributed by atoms with Gasteiger partial charge in [0.15, 0.2) is 0 Å². The normalized spacial score (nSPS) is 14.4. The first-order valence-electron chi connectivity index (χ1n) is 18.0. The molecule has 1 nitrogen and oxygen atoms in total. The van der Waals surface area contributed by atoms with E-state index in [-0.39, 0.29) is 10.8 Å². The fourth-order valence-electron chi connectivity index (χ4n) is 8.65. The van der Waals surface area contributed by atoms with Crippen LogP contribution in [0.25, 0.3) is 54.6 Å². The summed E-state index contributed by atoms with van der Waals surface area (Å²) < 4.78 is 0. The zero-order valence-corrected chi connectivity index (χ0v) is 30.5. The molecule has 246 valence electrons. The molecule has 10 rings (SSSR count). The van der Waals surface area contributed by atoms with Gasteiger partial charge in [0, 0.05) is 20.9 Å². The van der Waals surface area contributed by atoms with Gasteiger partial charge in [-0.05, 0) is 119 Å². The molecule has 0 amide bonds. The van der Waals surface area contributed by atoms with Gasteiger partial charge in [-0.15, -0.1) is 0 Å². The molecule has 0 radical (unpaired) electrons. The van der Waals surface area contributed by atoms with Crippen LogP contribution >= 0.6 is 11.8 Å². The second kappa shape index (κ2) is 10.8. The zero-order chi connectivity index (χ0) is 34.6. The number of nitrogens with zero attached hydrogens (tertiary/aromatic N) is 1. The van der Waals surface area contributed by atoms with Crippen LogP contribution in [0.1, 0.15) is 51.3 Å². The summed E-state index contributed by atoms with van der Waals surface area (Å²) in [6, 6.07) is 54.9. The highest BCUT2D eigenvalue weighted by Crippen LogP contribution is 2.55. The Hall–Kier alpha value is -5.31. The van der Waals surface area contributed by atoms with Gasteiger partial charge in [-0.3, -0.25) is 0 Å². The Morgan fingerprint density at radius 1 is 0.471 bits per heavy atom. The van der Waals surface area contributed by atoms with Crippen molar-refractivity contribution in [3.8, 4) is 22.3 Å². The van der Waals surface area contributed by atoms with E-state index in [2.05, 4.69) is 185 Å². The second-order valence-corrected chi connectivity index (χ2v) is 16.9. The van der Waals surface area contributed by atoms with Crippen molar-refractivity contribution in [2.45, 2.75) is 55.2 Å². The smallest absolute Gasteiger partial charge is 0.0602 e. The molecule has 8 aromatic carbocycles. The minimum absolute atomic E-state index is 0.0595. The van der Waals surface area contributed by atoms with Crippen molar-refractivity contribution < 1.29 is 0 Å². The summed E-state index contributed by atoms with van der Waals surface area (Å²) >= 11 is 1.90. The van der Waals surface area contributed by atoms with Gasteiger partial charge in [-0.1, -0.05) is 150 Å². The lowest BCUT2D eigenvalue weighted by atomic mass is 9.82. The van der Waals surface area contributed by atoms with Gasteiger partial charge in [0.2, 0.25) is 0 Å². The van der Waals surface area contributed by atoms with Gasteiger partial charge >= 0.3 is 0 Å². The first-order chi connectivity index (χ1) is 24.7. The fraction of sp³-hybridized carbons (Fsp3) is 0.143. The summed E-state index contributed by atoms with van der Waals surface area (Å²) in [6.45, 7) is 11.6. The molecule has 0 unspecified atom stereocenters. The van der Waals surface area contributed by atoms with Gasteiger partial charge in [-0.25, -0.2) is 0 Å². The van der Waals surface area contributed by atoms with Crippen LogP contribution in [0.2, 0.25) is 0 Å². The van der Waals surface area contributed by atoms with E-state index >= 15 is 0 Å². The van der Waals surface area contributed by atoms with Crippen molar-refractivity contribution in [2.24, 2.45) is 0 Å². The molecule has 51 heavy (non-hydrogen) atoms. The Bertz CT molecular complexity index is 2710. The fourth-order valence-corrected chi connectivity index (χ4v) is 9.79. The Balaban J connectivity index is 1.15. The number of rotatable bonds is 2. The van der Waals surface area contributed by atoms with E-state index < -0.39 is 0 Å². The number of fused-ring (bicyclic) bond motifs is 11. The molecule has 1 heterocycles. The molecule has 1 aliphatic carbocycles. The van der Waals surface area contributed by atoms with Gasteiger partial charge in [0.05, 0.1) is 11.4 Å². The predicted molar refractivity (Wildman–Crippen MR) is 219 cm³/mol. The molecule has 0 atom stereocenters. The zero-order valence-electron chi connectivity index (χ0n) is 29.7. The second-order valence-electron chi connectivity index (χ2n) is 15.8. The van der Waals surface area contributed by atoms with E-state index in [1.165, 1.54) is 98.1 Å². The van der Waals surface area contributed by atoms with Crippen LogP contribution in [0.5, 0.6) is 0 Å². The minimum Gasteiger partial charge on any atom is -0.308 e. The van der Waals surface area contributed by atoms with Crippen molar-refractivity contribution in [1.29, 1.82) is 0 Å². The molecule has 1 aliphatic heterocycles. The highest BCUT2D eigenvalue weighted by Gasteiger charge is 2.36. The molecule has 0 aromatic heterocycles. The van der Waals surface area contributed by atoms with Crippen LogP contribution < -0.4 is 4.90 Å². The summed E-state index contributed by atoms with van der Waals surface area (Å²) in [5, 5.41) is 7.83. The maximum Gasteiger partial charge on any atom is 0.0602 e. The third kappa shape index (κ3) is 4.56. The Labute approximate surface area is 304 Å².